The van der Waals surface area contributed by atoms with Gasteiger partial charge in [-0.3, -0.25) is 14.5 Å². The molecule has 2 aromatic rings. The Hall–Kier alpha value is -2.34. The van der Waals surface area contributed by atoms with Crippen LogP contribution in [0.15, 0.2) is 30.5 Å². The Morgan fingerprint density at radius 3 is 2.52 bits per heavy atom. The Morgan fingerprint density at radius 2 is 1.83 bits per heavy atom. The Labute approximate surface area is 172 Å². The van der Waals surface area contributed by atoms with Gasteiger partial charge in [0.1, 0.15) is 0 Å². The van der Waals surface area contributed by atoms with Crippen molar-refractivity contribution in [2.24, 2.45) is 5.92 Å². The molecule has 29 heavy (non-hydrogen) atoms. The van der Waals surface area contributed by atoms with E-state index in [0.717, 1.165) is 36.6 Å². The molecule has 6 heteroatoms. The second-order valence-corrected chi connectivity index (χ2v) is 9.65. The number of rotatable bonds is 5. The number of para-hydroxylation sites is 1. The van der Waals surface area contributed by atoms with Gasteiger partial charge in [-0.25, -0.2) is 0 Å². The molecule has 0 spiro atoms. The number of carbonyl (C=O) groups is 2. The maximum Gasteiger partial charge on any atom is 0.253 e. The lowest BCUT2D eigenvalue weighted by Gasteiger charge is -2.39. The van der Waals surface area contributed by atoms with E-state index in [1.807, 2.05) is 45.0 Å². The second kappa shape index (κ2) is 7.82. The van der Waals surface area contributed by atoms with Gasteiger partial charge >= 0.3 is 0 Å². The number of aromatic nitrogens is 1. The summed E-state index contributed by atoms with van der Waals surface area (Å²) in [5, 5.41) is 7.18. The molecule has 6 nitrogen and oxygen atoms in total. The summed E-state index contributed by atoms with van der Waals surface area (Å²) in [5.41, 5.74) is 1.50. The minimum absolute atomic E-state index is 0.0122. The summed E-state index contributed by atoms with van der Waals surface area (Å²) in [6.07, 6.45) is 6.20. The molecule has 2 fully saturated rings. The average molecular weight is 397 g/mol. The standard InChI is InChI=1S/C23H32N4O2/c1-23(2,3)26-21(28)14-27-16-8-9-17(27)11-15(10-16)12-25-22(29)19-13-24-20-7-5-4-6-18(19)20/h4-7,13,15-17,24H,8-12,14H2,1-3H3,(H,25,29)(H,26,28)/t15-,16-,17+. The summed E-state index contributed by atoms with van der Waals surface area (Å²) in [7, 11) is 0. The van der Waals surface area contributed by atoms with E-state index >= 15 is 0 Å². The molecule has 156 valence electrons. The number of nitrogens with one attached hydrogen (secondary N) is 3. The van der Waals surface area contributed by atoms with Crippen LogP contribution >= 0.6 is 0 Å². The monoisotopic (exact) mass is 396 g/mol. The van der Waals surface area contributed by atoms with Crippen molar-refractivity contribution in [2.45, 2.75) is 64.1 Å². The molecule has 1 aromatic heterocycles. The number of benzene rings is 1. The van der Waals surface area contributed by atoms with Gasteiger partial charge in [-0.05, 0) is 58.4 Å². The predicted molar refractivity (Wildman–Crippen MR) is 115 cm³/mol. The fourth-order valence-electron chi connectivity index (χ4n) is 5.03. The van der Waals surface area contributed by atoms with Gasteiger partial charge in [-0.2, -0.15) is 0 Å². The van der Waals surface area contributed by atoms with Crippen molar-refractivity contribution in [2.75, 3.05) is 13.1 Å². The largest absolute Gasteiger partial charge is 0.360 e. The van der Waals surface area contributed by atoms with E-state index in [0.29, 0.717) is 36.7 Å². The van der Waals surface area contributed by atoms with Gasteiger partial charge in [-0.1, -0.05) is 18.2 Å². The van der Waals surface area contributed by atoms with E-state index in [1.54, 1.807) is 6.20 Å². The van der Waals surface area contributed by atoms with Crippen molar-refractivity contribution >= 4 is 22.7 Å². The molecule has 1 aromatic carbocycles. The molecule has 3 heterocycles. The molecule has 0 radical (unpaired) electrons. The zero-order valence-electron chi connectivity index (χ0n) is 17.6. The summed E-state index contributed by atoms with van der Waals surface area (Å²) < 4.78 is 0. The molecular weight excluding hydrogens is 364 g/mol. The van der Waals surface area contributed by atoms with Gasteiger partial charge in [0.2, 0.25) is 5.91 Å². The molecule has 3 atom stereocenters. The van der Waals surface area contributed by atoms with Crippen molar-refractivity contribution in [3.05, 3.63) is 36.0 Å². The van der Waals surface area contributed by atoms with Crippen LogP contribution in [0.3, 0.4) is 0 Å². The lowest BCUT2D eigenvalue weighted by molar-refractivity contribution is -0.125. The van der Waals surface area contributed by atoms with Crippen LogP contribution in [-0.2, 0) is 4.79 Å². The van der Waals surface area contributed by atoms with Crippen LogP contribution in [0.1, 0.15) is 56.8 Å². The maximum absolute atomic E-state index is 12.7. The molecule has 2 aliphatic heterocycles. The maximum atomic E-state index is 12.7. The highest BCUT2D eigenvalue weighted by Gasteiger charge is 2.41. The molecule has 2 bridgehead atoms. The molecule has 2 saturated heterocycles. The fraction of sp³-hybridized carbons (Fsp3) is 0.565. The van der Waals surface area contributed by atoms with Crippen molar-refractivity contribution < 1.29 is 9.59 Å². The Morgan fingerprint density at radius 1 is 1.14 bits per heavy atom. The lowest BCUT2D eigenvalue weighted by Crippen LogP contribution is -2.52. The van der Waals surface area contributed by atoms with E-state index in [9.17, 15) is 9.59 Å². The van der Waals surface area contributed by atoms with Crippen LogP contribution in [0.4, 0.5) is 0 Å². The fourth-order valence-corrected chi connectivity index (χ4v) is 5.03. The first-order valence-corrected chi connectivity index (χ1v) is 10.7. The molecular formula is C23H32N4O2. The number of carbonyl (C=O) groups excluding carboxylic acids is 2. The highest BCUT2D eigenvalue weighted by molar-refractivity contribution is 6.06. The number of amides is 2. The van der Waals surface area contributed by atoms with Crippen LogP contribution in [0.2, 0.25) is 0 Å². The number of hydrogen-bond donors (Lipinski definition) is 3. The van der Waals surface area contributed by atoms with Crippen LogP contribution in [0, 0.1) is 5.92 Å². The SMILES string of the molecule is CC(C)(C)NC(=O)CN1[C@@H]2CC[C@H]1C[C@H](CNC(=O)c1c[nH]c3ccccc13)C2. The van der Waals surface area contributed by atoms with Crippen molar-refractivity contribution in [3.63, 3.8) is 0 Å². The Kier molecular flexibility index (Phi) is 5.38. The summed E-state index contributed by atoms with van der Waals surface area (Å²) in [4.78, 5) is 30.6. The quantitative estimate of drug-likeness (QED) is 0.727. The van der Waals surface area contributed by atoms with E-state index < -0.39 is 0 Å². The number of nitrogens with zero attached hydrogens (tertiary/aromatic N) is 1. The number of hydrogen-bond acceptors (Lipinski definition) is 3. The van der Waals surface area contributed by atoms with Crippen LogP contribution in [0.5, 0.6) is 0 Å². The highest BCUT2D eigenvalue weighted by atomic mass is 16.2. The number of piperidine rings is 1. The van der Waals surface area contributed by atoms with Crippen molar-refractivity contribution in [3.8, 4) is 0 Å². The van der Waals surface area contributed by atoms with Gasteiger partial charge in [0.25, 0.3) is 5.91 Å². The minimum atomic E-state index is -0.193. The lowest BCUT2D eigenvalue weighted by atomic mass is 9.90. The van der Waals surface area contributed by atoms with Crippen molar-refractivity contribution in [1.82, 2.24) is 20.5 Å². The number of fused-ring (bicyclic) bond motifs is 3. The summed E-state index contributed by atoms with van der Waals surface area (Å²) in [6.45, 7) is 7.24. The van der Waals surface area contributed by atoms with Gasteiger partial charge < -0.3 is 15.6 Å². The van der Waals surface area contributed by atoms with Crippen molar-refractivity contribution in [1.29, 1.82) is 0 Å². The molecule has 2 amide bonds. The molecule has 2 aliphatic rings. The number of aromatic amines is 1. The molecule has 3 N–H and O–H groups in total. The summed E-state index contributed by atoms with van der Waals surface area (Å²) in [6, 6.07) is 8.78. The first-order chi connectivity index (χ1) is 13.8. The normalized spacial score (nSPS) is 24.6. The first-order valence-electron chi connectivity index (χ1n) is 10.7. The smallest absolute Gasteiger partial charge is 0.253 e. The van der Waals surface area contributed by atoms with E-state index in [4.69, 9.17) is 0 Å². The van der Waals surface area contributed by atoms with E-state index in [-0.39, 0.29) is 17.4 Å². The Bertz CT molecular complexity index is 884. The zero-order valence-corrected chi connectivity index (χ0v) is 17.6. The highest BCUT2D eigenvalue weighted by Crippen LogP contribution is 2.38. The Balaban J connectivity index is 1.31. The zero-order chi connectivity index (χ0) is 20.6. The van der Waals surface area contributed by atoms with Crippen LogP contribution in [0.25, 0.3) is 10.9 Å². The minimum Gasteiger partial charge on any atom is -0.360 e. The molecule has 0 saturated carbocycles. The van der Waals surface area contributed by atoms with Crippen LogP contribution < -0.4 is 10.6 Å². The third-order valence-corrected chi connectivity index (χ3v) is 6.21. The second-order valence-electron chi connectivity index (χ2n) is 9.65. The third kappa shape index (κ3) is 4.47. The van der Waals surface area contributed by atoms with Gasteiger partial charge in [0.05, 0.1) is 12.1 Å². The summed E-state index contributed by atoms with van der Waals surface area (Å²) >= 11 is 0. The third-order valence-electron chi connectivity index (χ3n) is 6.21. The summed E-state index contributed by atoms with van der Waals surface area (Å²) in [5.74, 6) is 0.575. The van der Waals surface area contributed by atoms with Gasteiger partial charge in [0, 0.05) is 41.3 Å². The van der Waals surface area contributed by atoms with Crippen LogP contribution in [-0.4, -0.2) is 52.4 Å². The average Bonchev–Trinajstić information content (AvgIpc) is 3.16. The first kappa shape index (κ1) is 20.0. The number of H-pyrrole nitrogens is 1. The van der Waals surface area contributed by atoms with Gasteiger partial charge in [0.15, 0.2) is 0 Å². The predicted octanol–water partition coefficient (Wildman–Crippen LogP) is 3.06. The molecule has 4 rings (SSSR count). The van der Waals surface area contributed by atoms with E-state index in [2.05, 4.69) is 20.5 Å². The molecule has 0 unspecified atom stereocenters. The van der Waals surface area contributed by atoms with Gasteiger partial charge in [-0.15, -0.1) is 0 Å². The van der Waals surface area contributed by atoms with E-state index in [1.165, 1.54) is 0 Å². The molecule has 0 aliphatic carbocycles. The topological polar surface area (TPSA) is 77.2 Å².